The number of halogens is 3. The molecule has 2 atom stereocenters. The van der Waals surface area contributed by atoms with Crippen LogP contribution in [0.4, 0.5) is 13.2 Å². The van der Waals surface area contributed by atoms with Gasteiger partial charge in [0.25, 0.3) is 11.8 Å². The normalized spacial score (nSPS) is 24.1. The number of carbonyl (C=O) groups is 3. The minimum absolute atomic E-state index is 0.00234. The van der Waals surface area contributed by atoms with Crippen molar-refractivity contribution in [3.8, 4) is 0 Å². The average molecular weight is 646 g/mol. The van der Waals surface area contributed by atoms with E-state index in [1.165, 1.54) is 16.0 Å². The Morgan fingerprint density at radius 3 is 2.13 bits per heavy atom. The van der Waals surface area contributed by atoms with Crippen LogP contribution >= 0.6 is 0 Å². The average Bonchev–Trinajstić information content (AvgIpc) is 3.37. The van der Waals surface area contributed by atoms with Gasteiger partial charge in [-0.15, -0.1) is 0 Å². The molecule has 0 spiro atoms. The van der Waals surface area contributed by atoms with Crippen molar-refractivity contribution in [3.63, 3.8) is 0 Å². The number of benzene rings is 3. The summed E-state index contributed by atoms with van der Waals surface area (Å²) in [6.07, 6.45) is 0.597. The van der Waals surface area contributed by atoms with E-state index in [1.54, 1.807) is 11.0 Å². The molecule has 4 heterocycles. The van der Waals surface area contributed by atoms with Crippen LogP contribution in [0.3, 0.4) is 0 Å². The van der Waals surface area contributed by atoms with Crippen molar-refractivity contribution in [1.82, 2.24) is 24.9 Å². The number of imide groups is 1. The molecule has 0 aromatic heterocycles. The van der Waals surface area contributed by atoms with Crippen molar-refractivity contribution in [2.75, 3.05) is 39.3 Å². The molecule has 0 bridgehead atoms. The summed E-state index contributed by atoms with van der Waals surface area (Å²) in [5.74, 6) is -5.00. The fourth-order valence-corrected chi connectivity index (χ4v) is 7.78. The van der Waals surface area contributed by atoms with Crippen LogP contribution in [0.5, 0.6) is 0 Å². The second-order valence-corrected chi connectivity index (χ2v) is 13.1. The summed E-state index contributed by atoms with van der Waals surface area (Å²) in [4.78, 5) is 44.2. The number of alkyl halides is 2. The maximum absolute atomic E-state index is 15.8. The zero-order valence-corrected chi connectivity index (χ0v) is 26.1. The second kappa shape index (κ2) is 12.9. The number of amides is 3. The van der Waals surface area contributed by atoms with Crippen molar-refractivity contribution < 1.29 is 27.6 Å². The number of hydrogen-bond donors (Lipinski definition) is 1. The number of piperidine rings is 2. The highest BCUT2D eigenvalue weighted by Crippen LogP contribution is 2.36. The summed E-state index contributed by atoms with van der Waals surface area (Å²) < 4.78 is 46.8. The van der Waals surface area contributed by atoms with Crippen LogP contribution in [0.1, 0.15) is 57.9 Å². The largest absolute Gasteiger partial charge is 0.322 e. The molecule has 3 aromatic rings. The summed E-state index contributed by atoms with van der Waals surface area (Å²) in [5.41, 5.74) is 3.33. The van der Waals surface area contributed by atoms with Crippen molar-refractivity contribution in [2.24, 2.45) is 0 Å². The van der Waals surface area contributed by atoms with E-state index in [1.807, 2.05) is 41.3 Å². The zero-order valence-electron chi connectivity index (χ0n) is 26.1. The number of carbonyl (C=O) groups excluding carboxylic acids is 3. The minimum atomic E-state index is -2.98. The number of likely N-dealkylation sites (tertiary alicyclic amines) is 1. The number of rotatable bonds is 7. The van der Waals surface area contributed by atoms with E-state index in [-0.39, 0.29) is 55.4 Å². The van der Waals surface area contributed by atoms with E-state index in [0.29, 0.717) is 38.3 Å². The third-order valence-corrected chi connectivity index (χ3v) is 10.1. The number of piperazine rings is 1. The molecule has 7 rings (SSSR count). The van der Waals surface area contributed by atoms with Gasteiger partial charge in [0.2, 0.25) is 11.8 Å². The lowest BCUT2D eigenvalue weighted by Gasteiger charge is -2.47. The number of nitrogens with zero attached hydrogens (tertiary/aromatic N) is 4. The molecule has 47 heavy (non-hydrogen) atoms. The maximum Gasteiger partial charge on any atom is 0.275 e. The van der Waals surface area contributed by atoms with Crippen molar-refractivity contribution >= 4 is 17.7 Å². The van der Waals surface area contributed by atoms with Crippen LogP contribution in [-0.4, -0.2) is 94.6 Å². The van der Waals surface area contributed by atoms with Gasteiger partial charge in [0.15, 0.2) is 0 Å². The Kier molecular flexibility index (Phi) is 8.63. The molecule has 2 unspecified atom stereocenters. The molecule has 3 amide bonds. The predicted octanol–water partition coefficient (Wildman–Crippen LogP) is 4.20. The smallest absolute Gasteiger partial charge is 0.275 e. The molecule has 11 heteroatoms. The molecule has 0 aliphatic carbocycles. The Balaban J connectivity index is 0.984. The van der Waals surface area contributed by atoms with Gasteiger partial charge in [0.05, 0.1) is 18.6 Å². The Morgan fingerprint density at radius 1 is 0.851 bits per heavy atom. The first-order valence-corrected chi connectivity index (χ1v) is 16.3. The van der Waals surface area contributed by atoms with Gasteiger partial charge in [-0.1, -0.05) is 60.7 Å². The first-order valence-electron chi connectivity index (χ1n) is 16.3. The summed E-state index contributed by atoms with van der Waals surface area (Å²) in [5, 5.41) is 2.26. The standard InChI is InChI=1S/C36H38F3N5O3/c37-29-20-28-26(22-44(35(28)47)30-11-12-32(45)40-34(30)46)19-27(29)21-41-14-13-31(36(38,39)23-41)42-15-17-43(18-16-42)33(24-7-3-1-4-8-24)25-9-5-2-6-10-25/h1-10,19-20,30-31,33H,11-18,21-23H2,(H,40,45,46). The Morgan fingerprint density at radius 2 is 1.51 bits per heavy atom. The Hall–Kier alpha value is -4.06. The summed E-state index contributed by atoms with van der Waals surface area (Å²) >= 11 is 0. The number of hydrogen-bond acceptors (Lipinski definition) is 6. The second-order valence-electron chi connectivity index (χ2n) is 13.1. The van der Waals surface area contributed by atoms with Gasteiger partial charge in [0, 0.05) is 63.4 Å². The Labute approximate surface area is 272 Å². The van der Waals surface area contributed by atoms with Gasteiger partial charge in [0.1, 0.15) is 11.9 Å². The van der Waals surface area contributed by atoms with Gasteiger partial charge < -0.3 is 4.90 Å². The van der Waals surface area contributed by atoms with Gasteiger partial charge in [-0.25, -0.2) is 13.2 Å². The first-order chi connectivity index (χ1) is 22.7. The number of nitrogens with one attached hydrogen (secondary N) is 1. The van der Waals surface area contributed by atoms with Crippen LogP contribution in [0.2, 0.25) is 0 Å². The van der Waals surface area contributed by atoms with Gasteiger partial charge in [-0.3, -0.25) is 34.4 Å². The first kappa shape index (κ1) is 31.5. The lowest BCUT2D eigenvalue weighted by atomic mass is 9.94. The highest BCUT2D eigenvalue weighted by molar-refractivity contribution is 6.05. The van der Waals surface area contributed by atoms with Crippen molar-refractivity contribution in [1.29, 1.82) is 0 Å². The molecule has 8 nitrogen and oxygen atoms in total. The van der Waals surface area contributed by atoms with Crippen LogP contribution in [0, 0.1) is 5.82 Å². The Bertz CT molecular complexity index is 1610. The van der Waals surface area contributed by atoms with E-state index >= 15 is 13.2 Å². The molecule has 1 N–H and O–H groups in total. The van der Waals surface area contributed by atoms with Crippen LogP contribution < -0.4 is 5.32 Å². The lowest BCUT2D eigenvalue weighted by Crippen LogP contribution is -2.61. The van der Waals surface area contributed by atoms with E-state index < -0.39 is 42.2 Å². The molecular formula is C36H38F3N5O3. The molecule has 3 aromatic carbocycles. The quantitative estimate of drug-likeness (QED) is 0.389. The monoisotopic (exact) mass is 645 g/mol. The summed E-state index contributed by atoms with van der Waals surface area (Å²) in [6.45, 7) is 2.42. The molecule has 4 aliphatic rings. The topological polar surface area (TPSA) is 76.2 Å². The highest BCUT2D eigenvalue weighted by atomic mass is 19.3. The van der Waals surface area contributed by atoms with Crippen molar-refractivity contribution in [2.45, 2.75) is 56.4 Å². The third-order valence-electron chi connectivity index (χ3n) is 10.1. The highest BCUT2D eigenvalue weighted by Gasteiger charge is 2.48. The van der Waals surface area contributed by atoms with E-state index in [9.17, 15) is 14.4 Å². The van der Waals surface area contributed by atoms with E-state index in [0.717, 1.165) is 6.07 Å². The molecular weight excluding hydrogens is 607 g/mol. The lowest BCUT2D eigenvalue weighted by molar-refractivity contribution is -0.137. The molecule has 246 valence electrons. The zero-order chi connectivity index (χ0) is 32.7. The van der Waals surface area contributed by atoms with E-state index in [4.69, 9.17) is 0 Å². The minimum Gasteiger partial charge on any atom is -0.322 e. The van der Waals surface area contributed by atoms with Gasteiger partial charge in [-0.05, 0) is 41.7 Å². The van der Waals surface area contributed by atoms with E-state index in [2.05, 4.69) is 34.5 Å². The predicted molar refractivity (Wildman–Crippen MR) is 169 cm³/mol. The third kappa shape index (κ3) is 6.31. The molecule has 0 radical (unpaired) electrons. The fourth-order valence-electron chi connectivity index (χ4n) is 7.78. The molecule has 3 saturated heterocycles. The SMILES string of the molecule is O=C1CCC(N2Cc3cc(CN4CCC(N5CCN(C(c6ccccc6)c6ccccc6)CC5)C(F)(F)C4)c(F)cc3C2=O)C(=O)N1. The van der Waals surface area contributed by atoms with Gasteiger partial charge >= 0.3 is 0 Å². The fraction of sp³-hybridized carbons (Fsp3) is 0.417. The number of fused-ring (bicyclic) bond motifs is 1. The van der Waals surface area contributed by atoms with Gasteiger partial charge in [-0.2, -0.15) is 0 Å². The summed E-state index contributed by atoms with van der Waals surface area (Å²) in [7, 11) is 0. The van der Waals surface area contributed by atoms with Crippen LogP contribution in [-0.2, 0) is 22.7 Å². The van der Waals surface area contributed by atoms with Crippen molar-refractivity contribution in [3.05, 3.63) is 106 Å². The molecule has 0 saturated carbocycles. The van der Waals surface area contributed by atoms with Crippen LogP contribution in [0.15, 0.2) is 72.8 Å². The molecule has 4 aliphatic heterocycles. The van der Waals surface area contributed by atoms with Crippen LogP contribution in [0.25, 0.3) is 0 Å². The maximum atomic E-state index is 15.8. The molecule has 3 fully saturated rings. The summed E-state index contributed by atoms with van der Waals surface area (Å²) in [6, 6.07) is 21.6.